The van der Waals surface area contributed by atoms with Crippen molar-refractivity contribution >= 4 is 5.91 Å². The zero-order chi connectivity index (χ0) is 24.5. The summed E-state index contributed by atoms with van der Waals surface area (Å²) in [6.07, 6.45) is 13.7. The van der Waals surface area contributed by atoms with Gasteiger partial charge in [-0.3, -0.25) is 4.79 Å². The largest absolute Gasteiger partial charge is 0.393 e. The van der Waals surface area contributed by atoms with Gasteiger partial charge in [0.2, 0.25) is 5.91 Å². The van der Waals surface area contributed by atoms with Crippen molar-refractivity contribution in [2.75, 3.05) is 6.67 Å². The third-order valence-electron chi connectivity index (χ3n) is 10.9. The number of allylic oxidation sites excluding steroid dienone is 1. The minimum absolute atomic E-state index is 0.0215. The quantitative estimate of drug-likeness (QED) is 0.201. The molecule has 0 aromatic rings. The summed E-state index contributed by atoms with van der Waals surface area (Å²) in [6, 6.07) is 0. The molecule has 4 saturated carbocycles. The molecule has 0 aromatic carbocycles. The SMILES string of the molecule is C[C@H](CC/C=C/C(=O)NCN=[N+]=[N-])[C@H]1CC[C@H]2[C@@H]3C(O)C[C@@H]4C[C@H](O)CC[C@]4(C)[C@H]3CC[C@]12C. The van der Waals surface area contributed by atoms with Crippen LogP contribution < -0.4 is 5.32 Å². The molecule has 0 bridgehead atoms. The zero-order valence-electron chi connectivity index (χ0n) is 21.2. The number of carbonyl (C=O) groups is 1. The van der Waals surface area contributed by atoms with Gasteiger partial charge in [-0.1, -0.05) is 32.0 Å². The summed E-state index contributed by atoms with van der Waals surface area (Å²) >= 11 is 0. The molecule has 4 rings (SSSR count). The van der Waals surface area contributed by atoms with Crippen LogP contribution in [0.2, 0.25) is 0 Å². The number of nitrogens with zero attached hydrogens (tertiary/aromatic N) is 3. The summed E-state index contributed by atoms with van der Waals surface area (Å²) in [6.45, 7) is 7.33. The van der Waals surface area contributed by atoms with E-state index >= 15 is 0 Å². The third-order valence-corrected chi connectivity index (χ3v) is 10.9. The Morgan fingerprint density at radius 2 is 1.88 bits per heavy atom. The van der Waals surface area contributed by atoms with Crippen LogP contribution >= 0.6 is 0 Å². The van der Waals surface area contributed by atoms with Crippen LogP contribution in [-0.2, 0) is 4.79 Å². The van der Waals surface area contributed by atoms with E-state index in [-0.39, 0.29) is 35.6 Å². The molecule has 1 unspecified atom stereocenters. The molecule has 10 atom stereocenters. The highest BCUT2D eigenvalue weighted by atomic mass is 16.3. The van der Waals surface area contributed by atoms with Gasteiger partial charge in [0.25, 0.3) is 0 Å². The smallest absolute Gasteiger partial charge is 0.243 e. The number of azide groups is 1. The molecule has 7 heteroatoms. The molecule has 4 aliphatic rings. The Balaban J connectivity index is 1.38. The van der Waals surface area contributed by atoms with Gasteiger partial charge >= 0.3 is 0 Å². The molecular weight excluding hydrogens is 428 g/mol. The van der Waals surface area contributed by atoms with Gasteiger partial charge in [-0.05, 0) is 122 Å². The molecule has 0 aromatic heterocycles. The maximum Gasteiger partial charge on any atom is 0.243 e. The maximum atomic E-state index is 11.7. The Bertz CT molecular complexity index is 827. The molecule has 0 aliphatic heterocycles. The Morgan fingerprint density at radius 3 is 2.65 bits per heavy atom. The Hall–Kier alpha value is -1.56. The van der Waals surface area contributed by atoms with E-state index in [4.69, 9.17) is 5.53 Å². The van der Waals surface area contributed by atoms with Gasteiger partial charge in [0, 0.05) is 4.91 Å². The molecule has 4 fully saturated rings. The molecule has 4 aliphatic carbocycles. The van der Waals surface area contributed by atoms with E-state index < -0.39 is 0 Å². The first-order valence-corrected chi connectivity index (χ1v) is 13.5. The van der Waals surface area contributed by atoms with Crippen LogP contribution in [0.1, 0.15) is 85.0 Å². The van der Waals surface area contributed by atoms with E-state index in [1.54, 1.807) is 6.08 Å². The van der Waals surface area contributed by atoms with Crippen molar-refractivity contribution in [1.82, 2.24) is 5.32 Å². The predicted molar refractivity (Wildman–Crippen MR) is 132 cm³/mol. The van der Waals surface area contributed by atoms with Crippen LogP contribution in [0, 0.1) is 46.3 Å². The summed E-state index contributed by atoms with van der Waals surface area (Å²) in [4.78, 5) is 14.4. The molecule has 190 valence electrons. The Labute approximate surface area is 204 Å². The van der Waals surface area contributed by atoms with E-state index in [2.05, 4.69) is 36.1 Å². The van der Waals surface area contributed by atoms with Crippen molar-refractivity contribution in [2.45, 2.75) is 97.2 Å². The minimum Gasteiger partial charge on any atom is -0.393 e. The van der Waals surface area contributed by atoms with Gasteiger partial charge in [-0.15, -0.1) is 0 Å². The zero-order valence-corrected chi connectivity index (χ0v) is 21.2. The van der Waals surface area contributed by atoms with Crippen LogP contribution in [0.5, 0.6) is 0 Å². The van der Waals surface area contributed by atoms with E-state index in [1.165, 1.54) is 25.7 Å². The van der Waals surface area contributed by atoms with E-state index in [9.17, 15) is 15.0 Å². The second kappa shape index (κ2) is 10.2. The van der Waals surface area contributed by atoms with Gasteiger partial charge in [-0.2, -0.15) is 0 Å². The van der Waals surface area contributed by atoms with E-state index in [1.807, 2.05) is 6.08 Å². The number of aliphatic hydroxyl groups is 2. The summed E-state index contributed by atoms with van der Waals surface area (Å²) in [5, 5.41) is 27.5. The third kappa shape index (κ3) is 4.64. The molecule has 0 saturated heterocycles. The topological polar surface area (TPSA) is 118 Å². The number of fused-ring (bicyclic) bond motifs is 5. The predicted octanol–water partition coefficient (Wildman–Crippen LogP) is 5.33. The summed E-state index contributed by atoms with van der Waals surface area (Å²) in [5.41, 5.74) is 8.84. The lowest BCUT2D eigenvalue weighted by Gasteiger charge is -2.62. The highest BCUT2D eigenvalue weighted by molar-refractivity contribution is 5.87. The maximum absolute atomic E-state index is 11.7. The number of hydrogen-bond donors (Lipinski definition) is 3. The molecule has 0 radical (unpaired) electrons. The first kappa shape index (κ1) is 25.5. The van der Waals surface area contributed by atoms with Crippen LogP contribution in [0.4, 0.5) is 0 Å². The fourth-order valence-corrected chi connectivity index (χ4v) is 9.13. The van der Waals surface area contributed by atoms with Crippen molar-refractivity contribution in [3.05, 3.63) is 22.6 Å². The van der Waals surface area contributed by atoms with Crippen LogP contribution in [0.25, 0.3) is 10.4 Å². The number of rotatable bonds is 7. The van der Waals surface area contributed by atoms with Crippen molar-refractivity contribution < 1.29 is 15.0 Å². The van der Waals surface area contributed by atoms with Gasteiger partial charge in [0.1, 0.15) is 0 Å². The van der Waals surface area contributed by atoms with Gasteiger partial charge in [0.05, 0.1) is 18.9 Å². The highest BCUT2D eigenvalue weighted by Crippen LogP contribution is 2.68. The lowest BCUT2D eigenvalue weighted by molar-refractivity contribution is -0.174. The monoisotopic (exact) mass is 472 g/mol. The van der Waals surface area contributed by atoms with Crippen molar-refractivity contribution in [3.8, 4) is 0 Å². The van der Waals surface area contributed by atoms with Crippen LogP contribution in [-0.4, -0.2) is 35.0 Å². The van der Waals surface area contributed by atoms with Crippen molar-refractivity contribution in [1.29, 1.82) is 0 Å². The van der Waals surface area contributed by atoms with Crippen molar-refractivity contribution in [2.24, 2.45) is 51.5 Å². The summed E-state index contributed by atoms with van der Waals surface area (Å²) < 4.78 is 0. The summed E-state index contributed by atoms with van der Waals surface area (Å²) in [7, 11) is 0. The average molecular weight is 473 g/mol. The van der Waals surface area contributed by atoms with Crippen LogP contribution in [0.3, 0.4) is 0 Å². The molecule has 1 amide bonds. The van der Waals surface area contributed by atoms with E-state index in [0.29, 0.717) is 35.5 Å². The fraction of sp³-hybridized carbons (Fsp3) is 0.889. The van der Waals surface area contributed by atoms with Crippen LogP contribution in [0.15, 0.2) is 17.3 Å². The minimum atomic E-state index is -0.223. The average Bonchev–Trinajstić information content (AvgIpc) is 3.15. The fourth-order valence-electron chi connectivity index (χ4n) is 9.13. The standard InChI is InChI=1S/C27H44N4O3/c1-17(6-4-5-7-24(34)29-16-30-31-28)20-8-9-21-25-22(11-13-27(20,21)3)26(2)12-10-19(32)14-18(26)15-23(25)33/h5,7,17-23,25,32-33H,4,6,8-16H2,1-3H3,(H,29,34)/b7-5+/t17-,18+,19-,20-,21+,22+,23?,25+,26+,27-/m1/s1. The number of nitrogens with one attached hydrogen (secondary N) is 1. The molecule has 0 spiro atoms. The van der Waals surface area contributed by atoms with Gasteiger partial charge < -0.3 is 15.5 Å². The van der Waals surface area contributed by atoms with Gasteiger partial charge in [0.15, 0.2) is 0 Å². The second-order valence-corrected chi connectivity index (χ2v) is 12.3. The Morgan fingerprint density at radius 1 is 1.15 bits per heavy atom. The number of carbonyl (C=O) groups excluding carboxylic acids is 1. The Kier molecular flexibility index (Phi) is 7.66. The second-order valence-electron chi connectivity index (χ2n) is 12.3. The number of hydrogen-bond acceptors (Lipinski definition) is 4. The molecule has 3 N–H and O–H groups in total. The first-order chi connectivity index (χ1) is 16.2. The number of amides is 1. The number of aliphatic hydroxyl groups excluding tert-OH is 2. The normalized spacial score (nSPS) is 44.4. The van der Waals surface area contributed by atoms with Gasteiger partial charge in [-0.25, -0.2) is 0 Å². The lowest BCUT2D eigenvalue weighted by atomic mass is 9.43. The van der Waals surface area contributed by atoms with Crippen molar-refractivity contribution in [3.63, 3.8) is 0 Å². The molecule has 7 nitrogen and oxygen atoms in total. The molecular formula is C27H44N4O3. The summed E-state index contributed by atoms with van der Waals surface area (Å²) in [5.74, 6) is 3.08. The molecule has 0 heterocycles. The molecule has 34 heavy (non-hydrogen) atoms. The van der Waals surface area contributed by atoms with E-state index in [0.717, 1.165) is 38.5 Å². The highest BCUT2D eigenvalue weighted by Gasteiger charge is 2.62. The first-order valence-electron chi connectivity index (χ1n) is 13.5. The lowest BCUT2D eigenvalue weighted by Crippen LogP contribution is -2.58.